The lowest BCUT2D eigenvalue weighted by Crippen LogP contribution is -2.46. The minimum absolute atomic E-state index is 0.0733. The number of hydrogen-bond acceptors (Lipinski definition) is 9. The standard InChI is InChI=1S/C27H22FN7O6/c1-15-8-6-7-11-18(15)26(38)41-27(33-34-29)23(39-16(2)36)21(28)22(40-27)19-12-13-20-24(30-14-31-35(19)20)32-25(37)17-9-4-3-5-10-17/h3-14,21-23H,1-2H3,(H,30,31,32,37)/t21-,22-,23-,27+/m0/s1. The van der Waals surface area contributed by atoms with Crippen LogP contribution in [0.1, 0.15) is 45.0 Å². The molecule has 4 atom stereocenters. The van der Waals surface area contributed by atoms with Crippen LogP contribution >= 0.6 is 0 Å². The summed E-state index contributed by atoms with van der Waals surface area (Å²) in [6.45, 7) is 2.67. The number of aryl methyl sites for hydroxylation is 1. The van der Waals surface area contributed by atoms with Crippen LogP contribution in [-0.2, 0) is 19.0 Å². The highest BCUT2D eigenvalue weighted by Crippen LogP contribution is 2.46. The molecule has 208 valence electrons. The van der Waals surface area contributed by atoms with Crippen molar-refractivity contribution in [2.24, 2.45) is 5.11 Å². The summed E-state index contributed by atoms with van der Waals surface area (Å²) in [5.41, 5.74) is 10.7. The van der Waals surface area contributed by atoms with E-state index >= 15 is 4.39 Å². The van der Waals surface area contributed by atoms with E-state index in [2.05, 4.69) is 25.4 Å². The van der Waals surface area contributed by atoms with E-state index in [1.165, 1.54) is 22.7 Å². The molecule has 3 heterocycles. The maximum atomic E-state index is 16.1. The van der Waals surface area contributed by atoms with Crippen LogP contribution in [0.25, 0.3) is 16.0 Å². The Morgan fingerprint density at radius 3 is 2.56 bits per heavy atom. The van der Waals surface area contributed by atoms with Crippen LogP contribution in [0.15, 0.2) is 78.2 Å². The van der Waals surface area contributed by atoms with Crippen molar-refractivity contribution in [1.82, 2.24) is 14.6 Å². The first-order valence-corrected chi connectivity index (χ1v) is 12.3. The molecular weight excluding hydrogens is 537 g/mol. The van der Waals surface area contributed by atoms with E-state index in [1.54, 1.807) is 55.5 Å². The molecule has 1 amide bonds. The molecular formula is C27H22FN7O6. The first-order valence-electron chi connectivity index (χ1n) is 12.3. The van der Waals surface area contributed by atoms with E-state index in [-0.39, 0.29) is 22.6 Å². The topological polar surface area (TPSA) is 170 Å². The second-order valence-corrected chi connectivity index (χ2v) is 9.02. The predicted molar refractivity (Wildman–Crippen MR) is 140 cm³/mol. The highest BCUT2D eigenvalue weighted by Gasteiger charge is 2.62. The average Bonchev–Trinajstić information content (AvgIpc) is 3.49. The van der Waals surface area contributed by atoms with Crippen molar-refractivity contribution in [3.05, 3.63) is 106 Å². The number of azide groups is 1. The summed E-state index contributed by atoms with van der Waals surface area (Å²) in [4.78, 5) is 44.5. The van der Waals surface area contributed by atoms with E-state index in [0.29, 0.717) is 11.1 Å². The molecule has 0 aliphatic carbocycles. The van der Waals surface area contributed by atoms with Gasteiger partial charge in [0.1, 0.15) is 17.9 Å². The molecule has 41 heavy (non-hydrogen) atoms. The Morgan fingerprint density at radius 2 is 1.85 bits per heavy atom. The van der Waals surface area contributed by atoms with E-state index in [0.717, 1.165) is 13.3 Å². The van der Waals surface area contributed by atoms with E-state index < -0.39 is 42.1 Å². The Balaban J connectivity index is 1.52. The fraction of sp³-hybridized carbons (Fsp3) is 0.222. The minimum Gasteiger partial charge on any atom is -0.452 e. The Bertz CT molecular complexity index is 1690. The van der Waals surface area contributed by atoms with Crippen LogP contribution in [-0.4, -0.2) is 50.6 Å². The molecule has 1 aliphatic rings. The summed E-state index contributed by atoms with van der Waals surface area (Å²) in [7, 11) is 0. The first kappa shape index (κ1) is 27.2. The monoisotopic (exact) mass is 559 g/mol. The summed E-state index contributed by atoms with van der Waals surface area (Å²) < 4.78 is 33.7. The molecule has 0 saturated carbocycles. The molecule has 0 unspecified atom stereocenters. The summed E-state index contributed by atoms with van der Waals surface area (Å²) in [5.74, 6) is -4.92. The number of benzene rings is 2. The molecule has 2 aromatic carbocycles. The minimum atomic E-state index is -2.69. The van der Waals surface area contributed by atoms with Crippen molar-refractivity contribution in [2.45, 2.75) is 38.1 Å². The van der Waals surface area contributed by atoms with Gasteiger partial charge in [-0.2, -0.15) is 5.10 Å². The molecule has 1 saturated heterocycles. The Kier molecular flexibility index (Phi) is 7.34. The molecule has 1 fully saturated rings. The van der Waals surface area contributed by atoms with Gasteiger partial charge in [-0.25, -0.2) is 18.7 Å². The van der Waals surface area contributed by atoms with E-state index in [9.17, 15) is 19.9 Å². The number of esters is 2. The number of rotatable bonds is 7. The second kappa shape index (κ2) is 11.0. The van der Waals surface area contributed by atoms with Crippen LogP contribution in [0.4, 0.5) is 10.2 Å². The SMILES string of the molecule is CC(=O)O[C@H]1[C@@H](F)[C@H](c2ccc3c(NC(=O)c4ccccc4)ncnn23)O[C@@]1(N=[N+]=[N-])OC(=O)c1ccccc1C. The summed E-state index contributed by atoms with van der Waals surface area (Å²) >= 11 is 0. The highest BCUT2D eigenvalue weighted by atomic mass is 19.1. The number of carbonyl (C=O) groups is 3. The smallest absolute Gasteiger partial charge is 0.341 e. The van der Waals surface area contributed by atoms with Gasteiger partial charge in [-0.05, 0) is 53.5 Å². The van der Waals surface area contributed by atoms with Crippen molar-refractivity contribution >= 4 is 29.2 Å². The fourth-order valence-electron chi connectivity index (χ4n) is 4.49. The van der Waals surface area contributed by atoms with Gasteiger partial charge in [0.25, 0.3) is 5.91 Å². The van der Waals surface area contributed by atoms with Gasteiger partial charge in [0, 0.05) is 17.4 Å². The number of nitrogens with one attached hydrogen (secondary N) is 1. The summed E-state index contributed by atoms with van der Waals surface area (Å²) in [5, 5.41) is 10.3. The zero-order chi connectivity index (χ0) is 29.1. The van der Waals surface area contributed by atoms with E-state index in [1.807, 2.05) is 0 Å². The number of carbonyl (C=O) groups excluding carboxylic acids is 3. The van der Waals surface area contributed by atoms with Gasteiger partial charge in [0.15, 0.2) is 12.0 Å². The summed E-state index contributed by atoms with van der Waals surface area (Å²) in [6, 6.07) is 17.8. The number of hydrogen-bond donors (Lipinski definition) is 1. The van der Waals surface area contributed by atoms with Gasteiger partial charge in [0.2, 0.25) is 6.10 Å². The van der Waals surface area contributed by atoms with Crippen LogP contribution in [0, 0.1) is 6.92 Å². The number of fused-ring (bicyclic) bond motifs is 1. The van der Waals surface area contributed by atoms with E-state index in [4.69, 9.17) is 14.2 Å². The summed E-state index contributed by atoms with van der Waals surface area (Å²) in [6.07, 6.45) is -4.59. The third-order valence-corrected chi connectivity index (χ3v) is 6.36. The van der Waals surface area contributed by atoms with Crippen LogP contribution in [0.2, 0.25) is 0 Å². The van der Waals surface area contributed by atoms with Crippen molar-refractivity contribution in [2.75, 3.05) is 5.32 Å². The molecule has 1 aliphatic heterocycles. The zero-order valence-electron chi connectivity index (χ0n) is 21.7. The number of amides is 1. The second-order valence-electron chi connectivity index (χ2n) is 9.02. The number of ether oxygens (including phenoxy) is 3. The normalized spacial score (nSPS) is 21.6. The number of nitrogens with zero attached hydrogens (tertiary/aromatic N) is 6. The average molecular weight is 560 g/mol. The molecule has 0 spiro atoms. The Morgan fingerprint density at radius 1 is 1.12 bits per heavy atom. The van der Waals surface area contributed by atoms with Gasteiger partial charge < -0.3 is 19.5 Å². The van der Waals surface area contributed by atoms with Gasteiger partial charge >= 0.3 is 17.8 Å². The number of anilines is 1. The van der Waals surface area contributed by atoms with Gasteiger partial charge in [-0.15, -0.1) is 0 Å². The lowest BCUT2D eigenvalue weighted by molar-refractivity contribution is -0.231. The highest BCUT2D eigenvalue weighted by molar-refractivity contribution is 6.05. The Hall–Kier alpha value is -5.33. The molecule has 14 heteroatoms. The lowest BCUT2D eigenvalue weighted by Gasteiger charge is -2.28. The van der Waals surface area contributed by atoms with Gasteiger partial charge in [0.05, 0.1) is 11.3 Å². The number of alkyl halides is 1. The lowest BCUT2D eigenvalue weighted by atomic mass is 10.1. The molecule has 0 radical (unpaired) electrons. The molecule has 0 bridgehead atoms. The van der Waals surface area contributed by atoms with Crippen LogP contribution < -0.4 is 5.32 Å². The maximum absolute atomic E-state index is 16.1. The molecule has 2 aromatic heterocycles. The molecule has 5 rings (SSSR count). The van der Waals surface area contributed by atoms with Gasteiger partial charge in [-0.3, -0.25) is 9.59 Å². The van der Waals surface area contributed by atoms with Crippen molar-refractivity contribution < 1.29 is 33.0 Å². The predicted octanol–water partition coefficient (Wildman–Crippen LogP) is 4.45. The van der Waals surface area contributed by atoms with Crippen molar-refractivity contribution in [1.29, 1.82) is 0 Å². The number of halogens is 1. The number of aromatic nitrogens is 3. The maximum Gasteiger partial charge on any atom is 0.341 e. The molecule has 4 aromatic rings. The fourth-order valence-corrected chi connectivity index (χ4v) is 4.49. The molecule has 1 N–H and O–H groups in total. The van der Waals surface area contributed by atoms with Crippen molar-refractivity contribution in [3.63, 3.8) is 0 Å². The Labute approximate surface area is 231 Å². The quantitative estimate of drug-likeness (QED) is 0.150. The third-order valence-electron chi connectivity index (χ3n) is 6.36. The van der Waals surface area contributed by atoms with Gasteiger partial charge in [-0.1, -0.05) is 36.4 Å². The third kappa shape index (κ3) is 5.16. The van der Waals surface area contributed by atoms with Crippen LogP contribution in [0.3, 0.4) is 0 Å². The van der Waals surface area contributed by atoms with Crippen LogP contribution in [0.5, 0.6) is 0 Å². The largest absolute Gasteiger partial charge is 0.452 e. The molecule has 13 nitrogen and oxygen atoms in total. The first-order chi connectivity index (χ1) is 19.7. The van der Waals surface area contributed by atoms with Crippen molar-refractivity contribution in [3.8, 4) is 0 Å². The zero-order valence-corrected chi connectivity index (χ0v) is 21.7.